The fourth-order valence-corrected chi connectivity index (χ4v) is 1.97. The number of rotatable bonds is 4. The van der Waals surface area contributed by atoms with Gasteiger partial charge in [0.05, 0.1) is 0 Å². The Morgan fingerprint density at radius 2 is 2.05 bits per heavy atom. The Morgan fingerprint density at radius 3 is 2.79 bits per heavy atom. The highest BCUT2D eigenvalue weighted by Crippen LogP contribution is 2.22. The van der Waals surface area contributed by atoms with E-state index in [1.807, 2.05) is 6.92 Å². The molecule has 0 aromatic heterocycles. The molecule has 19 heavy (non-hydrogen) atoms. The lowest BCUT2D eigenvalue weighted by Crippen LogP contribution is -2.11. The summed E-state index contributed by atoms with van der Waals surface area (Å²) in [4.78, 5) is 0. The minimum Gasteiger partial charge on any atom is -0.490 e. The van der Waals surface area contributed by atoms with Crippen LogP contribution in [0.25, 0.3) is 0 Å². The van der Waals surface area contributed by atoms with E-state index in [1.54, 1.807) is 30.3 Å². The molecule has 2 nitrogen and oxygen atoms in total. The normalized spacial score (nSPS) is 12.2. The first kappa shape index (κ1) is 13.8. The minimum absolute atomic E-state index is 0.0463. The number of hydrogen-bond donors (Lipinski definition) is 1. The number of hydrogen-bond acceptors (Lipinski definition) is 2. The van der Waals surface area contributed by atoms with Crippen LogP contribution in [0.2, 0.25) is 5.02 Å². The average molecular weight is 281 g/mol. The molecule has 100 valence electrons. The third-order valence-corrected chi connectivity index (χ3v) is 3.04. The Hall–Kier alpha value is -1.58. The van der Waals surface area contributed by atoms with Crippen LogP contribution in [0.4, 0.5) is 4.39 Å². The van der Waals surface area contributed by atoms with Crippen LogP contribution in [-0.2, 0) is 0 Å². The molecule has 0 saturated heterocycles. The van der Waals surface area contributed by atoms with Gasteiger partial charge in [-0.1, -0.05) is 23.7 Å². The second-order valence-electron chi connectivity index (χ2n) is 4.29. The van der Waals surface area contributed by atoms with Crippen molar-refractivity contribution in [3.05, 3.63) is 64.4 Å². The number of aliphatic hydroxyl groups is 1. The van der Waals surface area contributed by atoms with Crippen molar-refractivity contribution >= 4 is 11.6 Å². The van der Waals surface area contributed by atoms with E-state index in [0.717, 1.165) is 5.56 Å². The molecule has 1 N–H and O–H groups in total. The van der Waals surface area contributed by atoms with Gasteiger partial charge in [0.1, 0.15) is 24.3 Å². The molecule has 0 bridgehead atoms. The summed E-state index contributed by atoms with van der Waals surface area (Å²) in [6, 6.07) is 11.2. The number of aryl methyl sites for hydroxylation is 1. The van der Waals surface area contributed by atoms with Crippen LogP contribution in [-0.4, -0.2) is 11.7 Å². The lowest BCUT2D eigenvalue weighted by molar-refractivity contribution is 0.107. The maximum atomic E-state index is 13.2. The molecule has 0 aliphatic carbocycles. The predicted molar refractivity (Wildman–Crippen MR) is 73.0 cm³/mol. The van der Waals surface area contributed by atoms with Crippen molar-refractivity contribution in [2.75, 3.05) is 6.61 Å². The highest BCUT2D eigenvalue weighted by atomic mass is 35.5. The third kappa shape index (κ3) is 3.69. The van der Waals surface area contributed by atoms with E-state index in [2.05, 4.69) is 0 Å². The zero-order valence-electron chi connectivity index (χ0n) is 10.4. The summed E-state index contributed by atoms with van der Waals surface area (Å²) < 4.78 is 18.6. The number of benzene rings is 2. The van der Waals surface area contributed by atoms with E-state index in [9.17, 15) is 9.50 Å². The molecule has 0 aliphatic heterocycles. The Kier molecular flexibility index (Phi) is 4.40. The predicted octanol–water partition coefficient (Wildman–Crippen LogP) is 3.90. The summed E-state index contributed by atoms with van der Waals surface area (Å²) in [7, 11) is 0. The molecule has 0 amide bonds. The minimum atomic E-state index is -0.880. The van der Waals surface area contributed by atoms with Gasteiger partial charge in [0.2, 0.25) is 0 Å². The topological polar surface area (TPSA) is 29.5 Å². The molecule has 1 unspecified atom stereocenters. The molecule has 2 rings (SSSR count). The van der Waals surface area contributed by atoms with Crippen LogP contribution in [0.3, 0.4) is 0 Å². The maximum Gasteiger partial charge on any atom is 0.123 e. The fourth-order valence-electron chi connectivity index (χ4n) is 1.79. The van der Waals surface area contributed by atoms with E-state index in [1.165, 1.54) is 12.1 Å². The number of aliphatic hydroxyl groups excluding tert-OH is 1. The first-order valence-electron chi connectivity index (χ1n) is 5.89. The Morgan fingerprint density at radius 1 is 1.26 bits per heavy atom. The number of ether oxygens (including phenoxy) is 1. The molecule has 0 spiro atoms. The van der Waals surface area contributed by atoms with Crippen LogP contribution >= 0.6 is 11.6 Å². The summed E-state index contributed by atoms with van der Waals surface area (Å²) in [6.45, 7) is 1.86. The zero-order chi connectivity index (χ0) is 13.8. The highest BCUT2D eigenvalue weighted by molar-refractivity contribution is 6.30. The third-order valence-electron chi connectivity index (χ3n) is 2.80. The first-order chi connectivity index (χ1) is 9.06. The van der Waals surface area contributed by atoms with Crippen LogP contribution in [0, 0.1) is 12.7 Å². The largest absolute Gasteiger partial charge is 0.490 e. The van der Waals surface area contributed by atoms with Crippen LogP contribution in [0.15, 0.2) is 42.5 Å². The quantitative estimate of drug-likeness (QED) is 0.920. The smallest absolute Gasteiger partial charge is 0.123 e. The summed E-state index contributed by atoms with van der Waals surface area (Å²) in [6.07, 6.45) is -0.880. The molecule has 0 radical (unpaired) electrons. The Bertz CT molecular complexity index is 572. The van der Waals surface area contributed by atoms with Crippen molar-refractivity contribution in [1.29, 1.82) is 0 Å². The van der Waals surface area contributed by atoms with Gasteiger partial charge in [0.15, 0.2) is 0 Å². The second kappa shape index (κ2) is 6.04. The van der Waals surface area contributed by atoms with Gasteiger partial charge in [-0.05, 0) is 48.4 Å². The molecule has 0 aliphatic rings. The molecule has 2 aromatic rings. The molecule has 0 heterocycles. The van der Waals surface area contributed by atoms with Gasteiger partial charge in [0.25, 0.3) is 0 Å². The highest BCUT2D eigenvalue weighted by Gasteiger charge is 2.12. The molecular weight excluding hydrogens is 267 g/mol. The van der Waals surface area contributed by atoms with Gasteiger partial charge in [-0.2, -0.15) is 0 Å². The van der Waals surface area contributed by atoms with Crippen LogP contribution in [0.5, 0.6) is 5.75 Å². The zero-order valence-corrected chi connectivity index (χ0v) is 11.2. The second-order valence-corrected chi connectivity index (χ2v) is 4.72. The first-order valence-corrected chi connectivity index (χ1v) is 6.26. The van der Waals surface area contributed by atoms with Gasteiger partial charge in [-0.3, -0.25) is 0 Å². The van der Waals surface area contributed by atoms with Crippen molar-refractivity contribution in [3.63, 3.8) is 0 Å². The maximum absolute atomic E-state index is 13.2. The molecule has 0 fully saturated rings. The molecule has 1 atom stereocenters. The van der Waals surface area contributed by atoms with Gasteiger partial charge in [-0.25, -0.2) is 4.39 Å². The van der Waals surface area contributed by atoms with Crippen LogP contribution in [0.1, 0.15) is 17.2 Å². The van der Waals surface area contributed by atoms with Gasteiger partial charge < -0.3 is 9.84 Å². The molecular formula is C15H14ClFO2. The Balaban J connectivity index is 2.05. The van der Waals surface area contributed by atoms with Gasteiger partial charge in [-0.15, -0.1) is 0 Å². The van der Waals surface area contributed by atoms with E-state index >= 15 is 0 Å². The standard InChI is InChI=1S/C15H14ClFO2/c1-10-5-6-12(17)8-14(10)15(18)9-19-13-4-2-3-11(16)7-13/h2-8,15,18H,9H2,1H3. The lowest BCUT2D eigenvalue weighted by atomic mass is 10.0. The Labute approximate surface area is 116 Å². The molecule has 2 aromatic carbocycles. The van der Waals surface area contributed by atoms with Crippen molar-refractivity contribution in [1.82, 2.24) is 0 Å². The monoisotopic (exact) mass is 280 g/mol. The van der Waals surface area contributed by atoms with Crippen molar-refractivity contribution < 1.29 is 14.2 Å². The van der Waals surface area contributed by atoms with E-state index in [4.69, 9.17) is 16.3 Å². The van der Waals surface area contributed by atoms with Crippen molar-refractivity contribution in [2.45, 2.75) is 13.0 Å². The fraction of sp³-hybridized carbons (Fsp3) is 0.200. The van der Waals surface area contributed by atoms with E-state index in [-0.39, 0.29) is 12.4 Å². The van der Waals surface area contributed by atoms with E-state index < -0.39 is 6.10 Å². The van der Waals surface area contributed by atoms with Gasteiger partial charge >= 0.3 is 0 Å². The van der Waals surface area contributed by atoms with Crippen molar-refractivity contribution in [2.24, 2.45) is 0 Å². The lowest BCUT2D eigenvalue weighted by Gasteiger charge is -2.15. The SMILES string of the molecule is Cc1ccc(F)cc1C(O)COc1cccc(Cl)c1. The summed E-state index contributed by atoms with van der Waals surface area (Å²) in [5.74, 6) is 0.197. The van der Waals surface area contributed by atoms with Crippen molar-refractivity contribution in [3.8, 4) is 5.75 Å². The molecule has 4 heteroatoms. The van der Waals surface area contributed by atoms with E-state index in [0.29, 0.717) is 16.3 Å². The van der Waals surface area contributed by atoms with Gasteiger partial charge in [0, 0.05) is 5.02 Å². The summed E-state index contributed by atoms with van der Waals surface area (Å²) >= 11 is 5.83. The summed E-state index contributed by atoms with van der Waals surface area (Å²) in [5.41, 5.74) is 1.35. The van der Waals surface area contributed by atoms with Crippen LogP contribution < -0.4 is 4.74 Å². The molecule has 0 saturated carbocycles. The average Bonchev–Trinajstić information content (AvgIpc) is 2.39. The number of halogens is 2. The summed E-state index contributed by atoms with van der Waals surface area (Å²) in [5, 5.41) is 10.6.